The largest absolute Gasteiger partial charge is 0.480 e. The van der Waals surface area contributed by atoms with Crippen LogP contribution in [0.25, 0.3) is 0 Å². The van der Waals surface area contributed by atoms with Gasteiger partial charge >= 0.3 is 5.97 Å². The van der Waals surface area contributed by atoms with Crippen LogP contribution in [0.15, 0.2) is 24.3 Å². The van der Waals surface area contributed by atoms with Gasteiger partial charge in [-0.3, -0.25) is 4.79 Å². The standard InChI is InChI=1S/C13H16N2O3/c1-8(14)12(16)15-7-10-5-3-2-4-9(10)6-11(15)13(17)18/h2-5,8,11H,6-7,14H2,1H3,(H,17,18)/t8-,11-/m0/s1. The Hall–Kier alpha value is -1.88. The van der Waals surface area contributed by atoms with Gasteiger partial charge in [0.2, 0.25) is 5.91 Å². The van der Waals surface area contributed by atoms with Gasteiger partial charge in [0.25, 0.3) is 0 Å². The topological polar surface area (TPSA) is 83.6 Å². The van der Waals surface area contributed by atoms with Crippen molar-refractivity contribution in [2.45, 2.75) is 32.0 Å². The SMILES string of the molecule is C[C@H](N)C(=O)N1Cc2ccccc2C[C@H]1C(=O)O. The fraction of sp³-hybridized carbons (Fsp3) is 0.385. The summed E-state index contributed by atoms with van der Waals surface area (Å²) in [5.41, 5.74) is 7.54. The predicted octanol–water partition coefficient (Wildman–Crippen LogP) is 0.372. The lowest BCUT2D eigenvalue weighted by atomic mass is 9.93. The maximum absolute atomic E-state index is 12.0. The molecule has 2 atom stereocenters. The van der Waals surface area contributed by atoms with Crippen LogP contribution in [0.5, 0.6) is 0 Å². The summed E-state index contributed by atoms with van der Waals surface area (Å²) in [6, 6.07) is 6.07. The molecular weight excluding hydrogens is 232 g/mol. The highest BCUT2D eigenvalue weighted by atomic mass is 16.4. The average molecular weight is 248 g/mol. The van der Waals surface area contributed by atoms with Crippen LogP contribution in [0.3, 0.4) is 0 Å². The number of carbonyl (C=O) groups excluding carboxylic acids is 1. The van der Waals surface area contributed by atoms with E-state index in [0.717, 1.165) is 11.1 Å². The van der Waals surface area contributed by atoms with Crippen LogP contribution in [0.2, 0.25) is 0 Å². The molecule has 0 bridgehead atoms. The van der Waals surface area contributed by atoms with Crippen molar-refractivity contribution in [3.8, 4) is 0 Å². The van der Waals surface area contributed by atoms with E-state index in [9.17, 15) is 14.7 Å². The van der Waals surface area contributed by atoms with Gasteiger partial charge in [-0.2, -0.15) is 0 Å². The average Bonchev–Trinajstić information content (AvgIpc) is 2.36. The second-order valence-electron chi connectivity index (χ2n) is 4.58. The van der Waals surface area contributed by atoms with Crippen molar-refractivity contribution in [3.63, 3.8) is 0 Å². The molecular formula is C13H16N2O3. The Labute approximate surface area is 105 Å². The van der Waals surface area contributed by atoms with E-state index in [0.29, 0.717) is 13.0 Å². The van der Waals surface area contributed by atoms with Gasteiger partial charge in [-0.05, 0) is 18.1 Å². The maximum atomic E-state index is 12.0. The number of aliphatic carboxylic acids is 1. The van der Waals surface area contributed by atoms with E-state index < -0.39 is 18.1 Å². The summed E-state index contributed by atoms with van der Waals surface area (Å²) in [5, 5.41) is 9.23. The molecule has 1 aliphatic rings. The van der Waals surface area contributed by atoms with Crippen LogP contribution in [-0.2, 0) is 22.6 Å². The molecule has 96 valence electrons. The monoisotopic (exact) mass is 248 g/mol. The molecule has 0 saturated heterocycles. The van der Waals surface area contributed by atoms with Crippen molar-refractivity contribution >= 4 is 11.9 Å². The molecule has 1 aromatic rings. The lowest BCUT2D eigenvalue weighted by Gasteiger charge is -2.35. The molecule has 1 aliphatic heterocycles. The second-order valence-corrected chi connectivity index (χ2v) is 4.58. The summed E-state index contributed by atoms with van der Waals surface area (Å²) >= 11 is 0. The molecule has 0 aromatic heterocycles. The van der Waals surface area contributed by atoms with E-state index in [4.69, 9.17) is 5.73 Å². The lowest BCUT2D eigenvalue weighted by molar-refractivity contribution is -0.151. The van der Waals surface area contributed by atoms with Gasteiger partial charge in [0, 0.05) is 13.0 Å². The summed E-state index contributed by atoms with van der Waals surface area (Å²) in [6.45, 7) is 1.88. The van der Waals surface area contributed by atoms with Gasteiger partial charge in [-0.1, -0.05) is 24.3 Å². The van der Waals surface area contributed by atoms with E-state index in [1.165, 1.54) is 4.90 Å². The molecule has 0 spiro atoms. The van der Waals surface area contributed by atoms with Gasteiger partial charge in [-0.15, -0.1) is 0 Å². The smallest absolute Gasteiger partial charge is 0.326 e. The third-order valence-corrected chi connectivity index (χ3v) is 3.21. The number of carboxylic acids is 1. The molecule has 1 amide bonds. The number of benzene rings is 1. The van der Waals surface area contributed by atoms with Gasteiger partial charge in [0.15, 0.2) is 0 Å². The fourth-order valence-corrected chi connectivity index (χ4v) is 2.24. The third kappa shape index (κ3) is 2.22. The zero-order valence-corrected chi connectivity index (χ0v) is 10.2. The van der Waals surface area contributed by atoms with Crippen molar-refractivity contribution < 1.29 is 14.7 Å². The first-order valence-corrected chi connectivity index (χ1v) is 5.86. The highest BCUT2D eigenvalue weighted by molar-refractivity contribution is 5.87. The molecule has 1 heterocycles. The Balaban J connectivity index is 2.34. The number of carboxylic acid groups (broad SMARTS) is 1. The van der Waals surface area contributed by atoms with Crippen LogP contribution in [0, 0.1) is 0 Å². The second kappa shape index (κ2) is 4.78. The Morgan fingerprint density at radius 1 is 1.39 bits per heavy atom. The normalized spacial score (nSPS) is 20.1. The first kappa shape index (κ1) is 12.6. The molecule has 3 N–H and O–H groups in total. The van der Waals surface area contributed by atoms with Crippen molar-refractivity contribution in [1.29, 1.82) is 0 Å². The number of rotatable bonds is 2. The van der Waals surface area contributed by atoms with Gasteiger partial charge < -0.3 is 15.7 Å². The van der Waals surface area contributed by atoms with Crippen molar-refractivity contribution in [1.82, 2.24) is 4.90 Å². The van der Waals surface area contributed by atoms with E-state index in [1.54, 1.807) is 6.92 Å². The van der Waals surface area contributed by atoms with E-state index >= 15 is 0 Å². The van der Waals surface area contributed by atoms with Crippen LogP contribution in [0.4, 0.5) is 0 Å². The molecule has 0 saturated carbocycles. The summed E-state index contributed by atoms with van der Waals surface area (Å²) in [7, 11) is 0. The Kier molecular flexibility index (Phi) is 3.34. The molecule has 0 radical (unpaired) electrons. The molecule has 0 aliphatic carbocycles. The van der Waals surface area contributed by atoms with Crippen LogP contribution in [0.1, 0.15) is 18.1 Å². The maximum Gasteiger partial charge on any atom is 0.326 e. The minimum absolute atomic E-state index is 0.313. The van der Waals surface area contributed by atoms with E-state index in [2.05, 4.69) is 0 Å². The Morgan fingerprint density at radius 3 is 2.56 bits per heavy atom. The lowest BCUT2D eigenvalue weighted by Crippen LogP contribution is -2.53. The first-order chi connectivity index (χ1) is 8.50. The molecule has 0 unspecified atom stereocenters. The first-order valence-electron chi connectivity index (χ1n) is 5.86. The minimum Gasteiger partial charge on any atom is -0.480 e. The molecule has 2 rings (SSSR count). The summed E-state index contributed by atoms with van der Waals surface area (Å²) in [5.74, 6) is -1.31. The summed E-state index contributed by atoms with van der Waals surface area (Å²) < 4.78 is 0. The zero-order valence-electron chi connectivity index (χ0n) is 10.2. The fourth-order valence-electron chi connectivity index (χ4n) is 2.24. The molecule has 0 fully saturated rings. The van der Waals surface area contributed by atoms with Gasteiger partial charge in [0.05, 0.1) is 6.04 Å². The van der Waals surface area contributed by atoms with Crippen molar-refractivity contribution in [3.05, 3.63) is 35.4 Å². The minimum atomic E-state index is -0.987. The Morgan fingerprint density at radius 2 is 2.00 bits per heavy atom. The van der Waals surface area contributed by atoms with Gasteiger partial charge in [-0.25, -0.2) is 4.79 Å². The number of nitrogens with two attached hydrogens (primary N) is 1. The van der Waals surface area contributed by atoms with Crippen LogP contribution < -0.4 is 5.73 Å². The number of fused-ring (bicyclic) bond motifs is 1. The number of nitrogens with zero attached hydrogens (tertiary/aromatic N) is 1. The number of amides is 1. The van der Waals surface area contributed by atoms with Crippen molar-refractivity contribution in [2.75, 3.05) is 0 Å². The number of hydrogen-bond donors (Lipinski definition) is 2. The molecule has 5 heteroatoms. The number of hydrogen-bond acceptors (Lipinski definition) is 3. The van der Waals surface area contributed by atoms with E-state index in [-0.39, 0.29) is 5.91 Å². The van der Waals surface area contributed by atoms with Crippen LogP contribution >= 0.6 is 0 Å². The number of carbonyl (C=O) groups is 2. The zero-order chi connectivity index (χ0) is 13.3. The Bertz CT molecular complexity index is 485. The molecule has 18 heavy (non-hydrogen) atoms. The summed E-state index contributed by atoms with van der Waals surface area (Å²) in [6.07, 6.45) is 0.337. The third-order valence-electron chi connectivity index (χ3n) is 3.21. The summed E-state index contributed by atoms with van der Waals surface area (Å²) in [4.78, 5) is 24.6. The van der Waals surface area contributed by atoms with Crippen LogP contribution in [-0.4, -0.2) is 34.0 Å². The highest BCUT2D eigenvalue weighted by Crippen LogP contribution is 2.23. The highest BCUT2D eigenvalue weighted by Gasteiger charge is 2.35. The van der Waals surface area contributed by atoms with E-state index in [1.807, 2.05) is 24.3 Å². The quantitative estimate of drug-likeness (QED) is 0.792. The molecule has 1 aromatic carbocycles. The van der Waals surface area contributed by atoms with Crippen molar-refractivity contribution in [2.24, 2.45) is 5.73 Å². The predicted molar refractivity (Wildman–Crippen MR) is 65.8 cm³/mol. The van der Waals surface area contributed by atoms with Gasteiger partial charge in [0.1, 0.15) is 6.04 Å². The molecule has 5 nitrogen and oxygen atoms in total.